The molecule has 0 spiro atoms. The summed E-state index contributed by atoms with van der Waals surface area (Å²) < 4.78 is 42.8. The molecule has 2 amide bonds. The van der Waals surface area contributed by atoms with Crippen LogP contribution in [0.5, 0.6) is 0 Å². The van der Waals surface area contributed by atoms with Crippen LogP contribution in [0.3, 0.4) is 0 Å². The van der Waals surface area contributed by atoms with Crippen molar-refractivity contribution in [2.24, 2.45) is 0 Å². The number of halogens is 3. The quantitative estimate of drug-likeness (QED) is 0.749. The average Bonchev–Trinajstić information content (AvgIpc) is 3.25. The maximum atomic E-state index is 13.3. The van der Waals surface area contributed by atoms with Gasteiger partial charge in [-0.2, -0.15) is 18.2 Å². The molecule has 0 aliphatic carbocycles. The van der Waals surface area contributed by atoms with Crippen molar-refractivity contribution in [3.05, 3.63) is 60.3 Å². The SMILES string of the molecule is C=CC(=O)N1CCC(C(=O)NC(C)c2nc(C(F)(F)F)no2)(c2ccccc2)CC1. The number of aromatic nitrogens is 2. The molecule has 0 radical (unpaired) electrons. The summed E-state index contributed by atoms with van der Waals surface area (Å²) in [5, 5.41) is 5.63. The molecule has 1 saturated heterocycles. The zero-order valence-corrected chi connectivity index (χ0v) is 16.3. The van der Waals surface area contributed by atoms with Crippen molar-refractivity contribution >= 4 is 11.8 Å². The number of nitrogens with zero attached hydrogens (tertiary/aromatic N) is 3. The maximum absolute atomic E-state index is 13.3. The summed E-state index contributed by atoms with van der Waals surface area (Å²) in [5.74, 6) is -2.32. The Hall–Kier alpha value is -3.17. The average molecular weight is 422 g/mol. The molecule has 1 aliphatic heterocycles. The van der Waals surface area contributed by atoms with Crippen LogP contribution >= 0.6 is 0 Å². The first-order valence-corrected chi connectivity index (χ1v) is 9.36. The molecule has 7 nitrogen and oxygen atoms in total. The van der Waals surface area contributed by atoms with Gasteiger partial charge in [-0.1, -0.05) is 42.1 Å². The smallest absolute Gasteiger partial charge is 0.344 e. The minimum absolute atomic E-state index is 0.212. The van der Waals surface area contributed by atoms with E-state index in [2.05, 4.69) is 26.6 Å². The number of hydrogen-bond donors (Lipinski definition) is 1. The van der Waals surface area contributed by atoms with Crippen molar-refractivity contribution in [3.8, 4) is 0 Å². The van der Waals surface area contributed by atoms with Crippen LogP contribution in [0.1, 0.15) is 43.1 Å². The van der Waals surface area contributed by atoms with Gasteiger partial charge in [-0.25, -0.2) is 0 Å². The van der Waals surface area contributed by atoms with Gasteiger partial charge in [0.1, 0.15) is 6.04 Å². The molecule has 2 heterocycles. The molecule has 1 atom stereocenters. The molecule has 0 saturated carbocycles. The Morgan fingerprint density at radius 2 is 1.90 bits per heavy atom. The molecule has 1 aromatic heterocycles. The van der Waals surface area contributed by atoms with Gasteiger partial charge in [0.25, 0.3) is 5.82 Å². The number of hydrogen-bond acceptors (Lipinski definition) is 5. The summed E-state index contributed by atoms with van der Waals surface area (Å²) in [4.78, 5) is 30.2. The molecule has 1 fully saturated rings. The van der Waals surface area contributed by atoms with E-state index in [4.69, 9.17) is 0 Å². The third kappa shape index (κ3) is 4.22. The lowest BCUT2D eigenvalue weighted by atomic mass is 9.71. The van der Waals surface area contributed by atoms with E-state index in [9.17, 15) is 22.8 Å². The molecular formula is C20H21F3N4O3. The highest BCUT2D eigenvalue weighted by Crippen LogP contribution is 2.37. The molecule has 1 N–H and O–H groups in total. The van der Waals surface area contributed by atoms with Crippen LogP contribution in [-0.4, -0.2) is 39.9 Å². The fraction of sp³-hybridized carbons (Fsp3) is 0.400. The van der Waals surface area contributed by atoms with Gasteiger partial charge in [0.15, 0.2) is 0 Å². The summed E-state index contributed by atoms with van der Waals surface area (Å²) in [6, 6.07) is 8.17. The second-order valence-corrected chi connectivity index (χ2v) is 7.13. The van der Waals surface area contributed by atoms with Crippen molar-refractivity contribution in [1.29, 1.82) is 0 Å². The summed E-state index contributed by atoms with van der Waals surface area (Å²) in [6.07, 6.45) is -2.80. The highest BCUT2D eigenvalue weighted by molar-refractivity contribution is 5.90. The number of piperidine rings is 1. The largest absolute Gasteiger partial charge is 0.455 e. The Balaban J connectivity index is 1.82. The third-order valence-corrected chi connectivity index (χ3v) is 5.28. The van der Waals surface area contributed by atoms with Crippen LogP contribution in [0.4, 0.5) is 13.2 Å². The highest BCUT2D eigenvalue weighted by Gasteiger charge is 2.44. The fourth-order valence-electron chi connectivity index (χ4n) is 3.56. The third-order valence-electron chi connectivity index (χ3n) is 5.28. The van der Waals surface area contributed by atoms with E-state index in [0.29, 0.717) is 25.9 Å². The minimum Gasteiger partial charge on any atom is -0.344 e. The van der Waals surface area contributed by atoms with Gasteiger partial charge >= 0.3 is 6.18 Å². The molecule has 2 aromatic rings. The Bertz CT molecular complexity index is 919. The Morgan fingerprint density at radius 1 is 1.27 bits per heavy atom. The number of alkyl halides is 3. The second kappa shape index (κ2) is 8.29. The first-order chi connectivity index (χ1) is 14.2. The predicted octanol–water partition coefficient (Wildman–Crippen LogP) is 3.01. The molecule has 160 valence electrons. The van der Waals surface area contributed by atoms with Crippen LogP contribution in [0.2, 0.25) is 0 Å². The van der Waals surface area contributed by atoms with Crippen molar-refractivity contribution in [2.45, 2.75) is 37.4 Å². The molecule has 1 unspecified atom stereocenters. The number of rotatable bonds is 5. The number of benzene rings is 1. The number of likely N-dealkylation sites (tertiary alicyclic amines) is 1. The standard InChI is InChI=1S/C20H21F3N4O3/c1-3-15(28)27-11-9-19(10-12-27,14-7-5-4-6-8-14)18(29)24-13(2)16-25-17(26-30-16)20(21,22)23/h3-8,13H,1,9-12H2,2H3,(H,24,29). The van der Waals surface area contributed by atoms with E-state index in [-0.39, 0.29) is 17.7 Å². The van der Waals surface area contributed by atoms with Gasteiger partial charge in [0, 0.05) is 13.1 Å². The van der Waals surface area contributed by atoms with Crippen LogP contribution in [0.15, 0.2) is 47.5 Å². The zero-order valence-electron chi connectivity index (χ0n) is 16.3. The summed E-state index contributed by atoms with van der Waals surface area (Å²) in [7, 11) is 0. The topological polar surface area (TPSA) is 88.3 Å². The van der Waals surface area contributed by atoms with Gasteiger partial charge < -0.3 is 14.7 Å². The number of carbonyl (C=O) groups excluding carboxylic acids is 2. The summed E-state index contributed by atoms with van der Waals surface area (Å²) in [5.41, 5.74) is -0.178. The number of amides is 2. The first-order valence-electron chi connectivity index (χ1n) is 9.36. The predicted molar refractivity (Wildman–Crippen MR) is 100.0 cm³/mol. The van der Waals surface area contributed by atoms with E-state index in [1.807, 2.05) is 30.3 Å². The van der Waals surface area contributed by atoms with E-state index < -0.39 is 23.5 Å². The van der Waals surface area contributed by atoms with Crippen molar-refractivity contribution in [3.63, 3.8) is 0 Å². The van der Waals surface area contributed by atoms with Gasteiger partial charge in [-0.05, 0) is 31.4 Å². The van der Waals surface area contributed by atoms with Crippen molar-refractivity contribution in [1.82, 2.24) is 20.4 Å². The number of carbonyl (C=O) groups is 2. The molecule has 0 bridgehead atoms. The van der Waals surface area contributed by atoms with E-state index >= 15 is 0 Å². The van der Waals surface area contributed by atoms with Gasteiger partial charge in [0.2, 0.25) is 17.7 Å². The second-order valence-electron chi connectivity index (χ2n) is 7.13. The zero-order chi connectivity index (χ0) is 21.9. The summed E-state index contributed by atoms with van der Waals surface area (Å²) >= 11 is 0. The van der Waals surface area contributed by atoms with Crippen LogP contribution < -0.4 is 5.32 Å². The fourth-order valence-corrected chi connectivity index (χ4v) is 3.56. The minimum atomic E-state index is -4.73. The van der Waals surface area contributed by atoms with Crippen molar-refractivity contribution in [2.75, 3.05) is 13.1 Å². The maximum Gasteiger partial charge on any atom is 0.455 e. The Labute approximate surface area is 170 Å². The first kappa shape index (κ1) is 21.5. The molecular weight excluding hydrogens is 401 g/mol. The van der Waals surface area contributed by atoms with E-state index in [1.165, 1.54) is 13.0 Å². The van der Waals surface area contributed by atoms with E-state index in [1.54, 1.807) is 4.90 Å². The van der Waals surface area contributed by atoms with Crippen LogP contribution in [0, 0.1) is 0 Å². The highest BCUT2D eigenvalue weighted by atomic mass is 19.4. The Kier molecular flexibility index (Phi) is 5.95. The Morgan fingerprint density at radius 3 is 2.43 bits per heavy atom. The van der Waals surface area contributed by atoms with Crippen molar-refractivity contribution < 1.29 is 27.3 Å². The normalized spacial score (nSPS) is 17.3. The van der Waals surface area contributed by atoms with Crippen LogP contribution in [0.25, 0.3) is 0 Å². The lowest BCUT2D eigenvalue weighted by molar-refractivity contribution is -0.146. The lowest BCUT2D eigenvalue weighted by Gasteiger charge is -2.41. The molecule has 1 aromatic carbocycles. The van der Waals surface area contributed by atoms with Gasteiger partial charge in [0.05, 0.1) is 5.41 Å². The monoisotopic (exact) mass is 422 g/mol. The van der Waals surface area contributed by atoms with E-state index in [0.717, 1.165) is 5.56 Å². The van der Waals surface area contributed by atoms with Crippen LogP contribution in [-0.2, 0) is 21.2 Å². The molecule has 10 heteroatoms. The summed E-state index contributed by atoms with van der Waals surface area (Å²) in [6.45, 7) is 5.65. The molecule has 3 rings (SSSR count). The van der Waals surface area contributed by atoms with Gasteiger partial charge in [-0.3, -0.25) is 9.59 Å². The molecule has 30 heavy (non-hydrogen) atoms. The van der Waals surface area contributed by atoms with Gasteiger partial charge in [-0.15, -0.1) is 0 Å². The lowest BCUT2D eigenvalue weighted by Crippen LogP contribution is -2.53. The molecule has 1 aliphatic rings. The number of nitrogens with one attached hydrogen (secondary N) is 1.